The summed E-state index contributed by atoms with van der Waals surface area (Å²) in [5.41, 5.74) is 2.95. The summed E-state index contributed by atoms with van der Waals surface area (Å²) in [5, 5.41) is 3.61. The Morgan fingerprint density at radius 2 is 1.96 bits per heavy atom. The van der Waals surface area contributed by atoms with Crippen molar-refractivity contribution in [1.82, 2.24) is 10.3 Å². The fourth-order valence-electron chi connectivity index (χ4n) is 2.73. The van der Waals surface area contributed by atoms with Crippen LogP contribution in [0.15, 0.2) is 24.3 Å². The minimum atomic E-state index is -0.454. The van der Waals surface area contributed by atoms with Gasteiger partial charge in [-0.15, -0.1) is 0 Å². The zero-order valence-electron chi connectivity index (χ0n) is 14.2. The molecule has 0 bridgehead atoms. The molecule has 1 aromatic heterocycles. The molecular formula is C18H21ClN2O3. The molecule has 1 heterocycles. The maximum absolute atomic E-state index is 12.5. The van der Waals surface area contributed by atoms with Gasteiger partial charge in [-0.3, -0.25) is 4.79 Å². The van der Waals surface area contributed by atoms with Crippen molar-refractivity contribution in [3.8, 4) is 0 Å². The monoisotopic (exact) mass is 348 g/mol. The number of halogens is 1. The maximum atomic E-state index is 12.5. The van der Waals surface area contributed by atoms with E-state index in [4.69, 9.17) is 16.3 Å². The van der Waals surface area contributed by atoms with Crippen LogP contribution < -0.4 is 5.32 Å². The van der Waals surface area contributed by atoms with Gasteiger partial charge in [0.15, 0.2) is 0 Å². The molecule has 128 valence electrons. The molecule has 0 saturated heterocycles. The van der Waals surface area contributed by atoms with Crippen molar-refractivity contribution >= 4 is 23.5 Å². The number of carbonyl (C=O) groups excluding carboxylic acids is 2. The molecule has 1 unspecified atom stereocenters. The first-order valence-corrected chi connectivity index (χ1v) is 8.04. The largest absolute Gasteiger partial charge is 0.465 e. The number of ether oxygens (including phenoxy) is 1. The molecule has 0 spiro atoms. The van der Waals surface area contributed by atoms with Crippen molar-refractivity contribution in [2.45, 2.75) is 33.2 Å². The first kappa shape index (κ1) is 18.1. The van der Waals surface area contributed by atoms with Crippen molar-refractivity contribution < 1.29 is 14.3 Å². The Hall–Kier alpha value is -2.27. The Balaban J connectivity index is 2.13. The normalized spacial score (nSPS) is 11.9. The number of carbonyl (C=O) groups is 2. The molecule has 6 heteroatoms. The van der Waals surface area contributed by atoms with E-state index in [1.807, 2.05) is 31.2 Å². The highest BCUT2D eigenvalue weighted by atomic mass is 35.5. The predicted octanol–water partition coefficient (Wildman–Crippen LogP) is 3.43. The standard InChI is InChI=1S/C18H21ClN2O3/c1-10(9-13-7-5-6-8-14(13)19)20-17(22)16-11(2)15(12(3)21-16)18(23)24-4/h5-8,10,21H,9H2,1-4H3,(H,20,22). The summed E-state index contributed by atoms with van der Waals surface area (Å²) in [5.74, 6) is -0.713. The fourth-order valence-corrected chi connectivity index (χ4v) is 2.94. The average Bonchev–Trinajstić information content (AvgIpc) is 2.83. The van der Waals surface area contributed by atoms with Crippen LogP contribution in [-0.4, -0.2) is 30.0 Å². The molecule has 0 saturated carbocycles. The van der Waals surface area contributed by atoms with E-state index in [1.165, 1.54) is 7.11 Å². The summed E-state index contributed by atoms with van der Waals surface area (Å²) in [6.07, 6.45) is 0.619. The minimum absolute atomic E-state index is 0.109. The summed E-state index contributed by atoms with van der Waals surface area (Å²) in [4.78, 5) is 27.3. The van der Waals surface area contributed by atoms with Crippen molar-refractivity contribution in [3.05, 3.63) is 57.4 Å². The first-order chi connectivity index (χ1) is 11.3. The van der Waals surface area contributed by atoms with E-state index >= 15 is 0 Å². The molecule has 2 rings (SSSR count). The number of esters is 1. The lowest BCUT2D eigenvalue weighted by Crippen LogP contribution is -2.34. The summed E-state index contributed by atoms with van der Waals surface area (Å²) < 4.78 is 4.76. The number of methoxy groups -OCH3 is 1. The number of rotatable bonds is 5. The summed E-state index contributed by atoms with van der Waals surface area (Å²) in [7, 11) is 1.32. The number of hydrogen-bond acceptors (Lipinski definition) is 3. The Morgan fingerprint density at radius 1 is 1.29 bits per heavy atom. The van der Waals surface area contributed by atoms with Gasteiger partial charge in [0, 0.05) is 16.8 Å². The topological polar surface area (TPSA) is 71.2 Å². The highest BCUT2D eigenvalue weighted by Crippen LogP contribution is 2.20. The van der Waals surface area contributed by atoms with Gasteiger partial charge in [0.1, 0.15) is 5.69 Å². The van der Waals surface area contributed by atoms with Crippen LogP contribution in [0.2, 0.25) is 5.02 Å². The predicted molar refractivity (Wildman–Crippen MR) is 93.7 cm³/mol. The van der Waals surface area contributed by atoms with Gasteiger partial charge in [0.05, 0.1) is 12.7 Å². The zero-order chi connectivity index (χ0) is 17.9. The summed E-state index contributed by atoms with van der Waals surface area (Å²) >= 11 is 6.15. The second-order valence-corrected chi connectivity index (χ2v) is 6.19. The molecule has 0 radical (unpaired) electrons. The lowest BCUT2D eigenvalue weighted by Gasteiger charge is -2.14. The Kier molecular flexibility index (Phi) is 5.67. The van der Waals surface area contributed by atoms with Gasteiger partial charge >= 0.3 is 5.97 Å². The van der Waals surface area contributed by atoms with E-state index in [9.17, 15) is 9.59 Å². The molecule has 2 N–H and O–H groups in total. The van der Waals surface area contributed by atoms with Crippen LogP contribution in [0.25, 0.3) is 0 Å². The number of amides is 1. The van der Waals surface area contributed by atoms with Gasteiger partial charge in [0.25, 0.3) is 5.91 Å². The molecule has 2 aromatic rings. The van der Waals surface area contributed by atoms with Crippen LogP contribution in [0, 0.1) is 13.8 Å². The van der Waals surface area contributed by atoms with Crippen LogP contribution in [0.1, 0.15) is 44.6 Å². The number of aryl methyl sites for hydroxylation is 1. The van der Waals surface area contributed by atoms with Crippen LogP contribution in [-0.2, 0) is 11.2 Å². The van der Waals surface area contributed by atoms with Crippen LogP contribution in [0.5, 0.6) is 0 Å². The molecule has 1 aromatic carbocycles. The van der Waals surface area contributed by atoms with Crippen molar-refractivity contribution in [2.75, 3.05) is 7.11 Å². The second-order valence-electron chi connectivity index (χ2n) is 5.79. The fraction of sp³-hybridized carbons (Fsp3) is 0.333. The molecule has 1 atom stereocenters. The number of nitrogens with one attached hydrogen (secondary N) is 2. The van der Waals surface area contributed by atoms with E-state index in [2.05, 4.69) is 10.3 Å². The molecule has 24 heavy (non-hydrogen) atoms. The van der Waals surface area contributed by atoms with Gasteiger partial charge in [-0.1, -0.05) is 29.8 Å². The summed E-state index contributed by atoms with van der Waals surface area (Å²) in [6, 6.07) is 7.43. The third-order valence-corrected chi connectivity index (χ3v) is 4.28. The zero-order valence-corrected chi connectivity index (χ0v) is 15.0. The van der Waals surface area contributed by atoms with Crippen LogP contribution in [0.3, 0.4) is 0 Å². The van der Waals surface area contributed by atoms with Gasteiger partial charge in [0.2, 0.25) is 0 Å². The molecule has 5 nitrogen and oxygen atoms in total. The van der Waals surface area contributed by atoms with E-state index in [0.717, 1.165) is 5.56 Å². The summed E-state index contributed by atoms with van der Waals surface area (Å²) in [6.45, 7) is 5.38. The van der Waals surface area contributed by atoms with Gasteiger partial charge < -0.3 is 15.0 Å². The Bertz CT molecular complexity index is 768. The van der Waals surface area contributed by atoms with E-state index in [1.54, 1.807) is 13.8 Å². The van der Waals surface area contributed by atoms with Crippen molar-refractivity contribution in [1.29, 1.82) is 0 Å². The van der Waals surface area contributed by atoms with Gasteiger partial charge in [-0.2, -0.15) is 0 Å². The van der Waals surface area contributed by atoms with Crippen molar-refractivity contribution in [3.63, 3.8) is 0 Å². The SMILES string of the molecule is COC(=O)c1c(C)[nH]c(C(=O)NC(C)Cc2ccccc2Cl)c1C. The third kappa shape index (κ3) is 3.79. The van der Waals surface area contributed by atoms with Gasteiger partial charge in [-0.05, 0) is 44.4 Å². The van der Waals surface area contributed by atoms with E-state index in [-0.39, 0.29) is 11.9 Å². The first-order valence-electron chi connectivity index (χ1n) is 7.66. The number of aromatic amines is 1. The molecule has 0 aliphatic rings. The van der Waals surface area contributed by atoms with Crippen LogP contribution in [0.4, 0.5) is 0 Å². The Labute approximate surface area is 146 Å². The Morgan fingerprint density at radius 3 is 2.58 bits per heavy atom. The number of benzene rings is 1. The molecule has 0 aliphatic heterocycles. The average molecular weight is 349 g/mol. The van der Waals surface area contributed by atoms with E-state index < -0.39 is 5.97 Å². The minimum Gasteiger partial charge on any atom is -0.465 e. The molecule has 0 fully saturated rings. The second kappa shape index (κ2) is 7.53. The molecule has 0 aliphatic carbocycles. The quantitative estimate of drug-likeness (QED) is 0.813. The number of aromatic nitrogens is 1. The smallest absolute Gasteiger partial charge is 0.339 e. The highest BCUT2D eigenvalue weighted by Gasteiger charge is 2.23. The highest BCUT2D eigenvalue weighted by molar-refractivity contribution is 6.31. The van der Waals surface area contributed by atoms with Gasteiger partial charge in [-0.25, -0.2) is 4.79 Å². The maximum Gasteiger partial charge on any atom is 0.339 e. The third-order valence-electron chi connectivity index (χ3n) is 3.92. The lowest BCUT2D eigenvalue weighted by atomic mass is 10.1. The number of hydrogen-bond donors (Lipinski definition) is 2. The van der Waals surface area contributed by atoms with E-state index in [0.29, 0.717) is 34.0 Å². The lowest BCUT2D eigenvalue weighted by molar-refractivity contribution is 0.0599. The van der Waals surface area contributed by atoms with Crippen molar-refractivity contribution in [2.24, 2.45) is 0 Å². The number of H-pyrrole nitrogens is 1. The van der Waals surface area contributed by atoms with Crippen LogP contribution >= 0.6 is 11.6 Å². The molecule has 1 amide bonds. The molecular weight excluding hydrogens is 328 g/mol.